The molecule has 1 aromatic carbocycles. The fourth-order valence-electron chi connectivity index (χ4n) is 1.18. The van der Waals surface area contributed by atoms with Gasteiger partial charge in [-0.25, -0.2) is 0 Å². The summed E-state index contributed by atoms with van der Waals surface area (Å²) in [4.78, 5) is 10.1. The molecular weight excluding hydrogens is 180 g/mol. The summed E-state index contributed by atoms with van der Waals surface area (Å²) in [6.07, 6.45) is 1.24. The summed E-state index contributed by atoms with van der Waals surface area (Å²) in [5.74, 6) is 1.42. The molecule has 0 heterocycles. The molecule has 0 atom stereocenters. The van der Waals surface area contributed by atoms with Gasteiger partial charge in [-0.05, 0) is 18.6 Å². The van der Waals surface area contributed by atoms with Crippen molar-refractivity contribution in [2.75, 3.05) is 13.7 Å². The van der Waals surface area contributed by atoms with E-state index in [-0.39, 0.29) is 0 Å². The molecule has 0 aromatic heterocycles. The molecule has 0 amide bonds. The number of carbonyl (C=O) groups excluding carboxylic acids is 1. The zero-order chi connectivity index (χ0) is 10.4. The minimum atomic E-state index is 0.394. The van der Waals surface area contributed by atoms with Gasteiger partial charge in [0, 0.05) is 6.42 Å². The monoisotopic (exact) mass is 194 g/mol. The van der Waals surface area contributed by atoms with E-state index in [2.05, 4.69) is 0 Å². The Morgan fingerprint density at radius 1 is 1.43 bits per heavy atom. The minimum Gasteiger partial charge on any atom is -0.493 e. The summed E-state index contributed by atoms with van der Waals surface area (Å²) in [5.41, 5.74) is 1.01. The largest absolute Gasteiger partial charge is 0.493 e. The molecule has 0 radical (unpaired) electrons. The van der Waals surface area contributed by atoms with E-state index in [0.717, 1.165) is 17.6 Å². The number of methoxy groups -OCH3 is 1. The maximum Gasteiger partial charge on any atom is 0.164 e. The number of carbonyl (C=O) groups is 1. The van der Waals surface area contributed by atoms with Crippen molar-refractivity contribution in [3.05, 3.63) is 23.8 Å². The lowest BCUT2D eigenvalue weighted by molar-refractivity contribution is -0.108. The molecule has 1 rings (SSSR count). The van der Waals surface area contributed by atoms with Gasteiger partial charge >= 0.3 is 0 Å². The number of rotatable bonds is 5. The van der Waals surface area contributed by atoms with Gasteiger partial charge in [-0.3, -0.25) is 0 Å². The summed E-state index contributed by atoms with van der Waals surface area (Å²) < 4.78 is 10.6. The maximum absolute atomic E-state index is 10.1. The smallest absolute Gasteiger partial charge is 0.164 e. The van der Waals surface area contributed by atoms with E-state index in [9.17, 15) is 4.79 Å². The highest BCUT2D eigenvalue weighted by Gasteiger charge is 2.06. The van der Waals surface area contributed by atoms with E-state index in [1.807, 2.05) is 25.1 Å². The van der Waals surface area contributed by atoms with Gasteiger partial charge in [-0.1, -0.05) is 12.1 Å². The molecular formula is C11H14O3. The normalized spacial score (nSPS) is 9.57. The van der Waals surface area contributed by atoms with Gasteiger partial charge < -0.3 is 14.3 Å². The Morgan fingerprint density at radius 3 is 2.86 bits per heavy atom. The van der Waals surface area contributed by atoms with Crippen molar-refractivity contribution in [1.29, 1.82) is 0 Å². The summed E-state index contributed by atoms with van der Waals surface area (Å²) in [6, 6.07) is 5.68. The van der Waals surface area contributed by atoms with Crippen LogP contribution in [0.15, 0.2) is 18.2 Å². The first-order valence-electron chi connectivity index (χ1n) is 4.49. The predicted octanol–water partition coefficient (Wildman–Crippen LogP) is 1.97. The van der Waals surface area contributed by atoms with Crippen molar-refractivity contribution in [3.8, 4) is 11.5 Å². The van der Waals surface area contributed by atoms with Gasteiger partial charge in [0.25, 0.3) is 0 Å². The highest BCUT2D eigenvalue weighted by molar-refractivity contribution is 5.50. The summed E-state index contributed by atoms with van der Waals surface area (Å²) in [5, 5.41) is 0. The molecule has 1 aromatic rings. The van der Waals surface area contributed by atoms with Crippen molar-refractivity contribution in [2.24, 2.45) is 0 Å². The summed E-state index contributed by atoms with van der Waals surface area (Å²) in [7, 11) is 1.60. The van der Waals surface area contributed by atoms with Crippen LogP contribution in [0.1, 0.15) is 12.0 Å². The number of hydrogen-bond acceptors (Lipinski definition) is 3. The fraction of sp³-hybridized carbons (Fsp3) is 0.364. The zero-order valence-corrected chi connectivity index (χ0v) is 8.45. The van der Waals surface area contributed by atoms with Crippen molar-refractivity contribution < 1.29 is 14.3 Å². The van der Waals surface area contributed by atoms with Crippen LogP contribution in [0.3, 0.4) is 0 Å². The second-order valence-corrected chi connectivity index (χ2v) is 2.91. The number of hydrogen-bond donors (Lipinski definition) is 0. The van der Waals surface area contributed by atoms with Crippen LogP contribution in [0.5, 0.6) is 11.5 Å². The Bertz CT molecular complexity index is 307. The summed E-state index contributed by atoms with van der Waals surface area (Å²) in [6.45, 7) is 2.34. The highest BCUT2D eigenvalue weighted by Crippen LogP contribution is 2.30. The SMILES string of the molecule is COc1cccc(C)c1OCCC=O. The first-order chi connectivity index (χ1) is 6.79. The molecule has 0 saturated heterocycles. The lowest BCUT2D eigenvalue weighted by Gasteiger charge is -2.11. The van der Waals surface area contributed by atoms with E-state index in [0.29, 0.717) is 18.8 Å². The molecule has 0 spiro atoms. The number of ether oxygens (including phenoxy) is 2. The van der Waals surface area contributed by atoms with E-state index >= 15 is 0 Å². The number of para-hydroxylation sites is 1. The van der Waals surface area contributed by atoms with Crippen LogP contribution in [-0.2, 0) is 4.79 Å². The van der Waals surface area contributed by atoms with Crippen molar-refractivity contribution >= 4 is 6.29 Å². The second-order valence-electron chi connectivity index (χ2n) is 2.91. The Balaban J connectivity index is 2.76. The van der Waals surface area contributed by atoms with Gasteiger partial charge in [-0.2, -0.15) is 0 Å². The van der Waals surface area contributed by atoms with Crippen LogP contribution < -0.4 is 9.47 Å². The second kappa shape index (κ2) is 5.27. The van der Waals surface area contributed by atoms with Gasteiger partial charge in [0.2, 0.25) is 0 Å². The number of aryl methyl sites for hydroxylation is 1. The zero-order valence-electron chi connectivity index (χ0n) is 8.45. The molecule has 3 nitrogen and oxygen atoms in total. The third-order valence-corrected chi connectivity index (χ3v) is 1.88. The average Bonchev–Trinajstić information content (AvgIpc) is 2.20. The third-order valence-electron chi connectivity index (χ3n) is 1.88. The number of benzene rings is 1. The van der Waals surface area contributed by atoms with E-state index in [1.165, 1.54) is 0 Å². The minimum absolute atomic E-state index is 0.394. The predicted molar refractivity (Wildman–Crippen MR) is 53.9 cm³/mol. The lowest BCUT2D eigenvalue weighted by Crippen LogP contribution is -2.01. The van der Waals surface area contributed by atoms with Crippen LogP contribution in [0.2, 0.25) is 0 Å². The molecule has 0 bridgehead atoms. The molecule has 0 aliphatic rings. The number of aldehydes is 1. The topological polar surface area (TPSA) is 35.5 Å². The van der Waals surface area contributed by atoms with Crippen LogP contribution >= 0.6 is 0 Å². The van der Waals surface area contributed by atoms with E-state index in [4.69, 9.17) is 9.47 Å². The molecule has 0 fully saturated rings. The Labute approximate surface area is 83.6 Å². The fourth-order valence-corrected chi connectivity index (χ4v) is 1.18. The van der Waals surface area contributed by atoms with Crippen LogP contribution in [0.4, 0.5) is 0 Å². The van der Waals surface area contributed by atoms with Crippen molar-refractivity contribution in [2.45, 2.75) is 13.3 Å². The van der Waals surface area contributed by atoms with Gasteiger partial charge in [0.15, 0.2) is 11.5 Å². The Kier molecular flexibility index (Phi) is 3.98. The highest BCUT2D eigenvalue weighted by atomic mass is 16.5. The van der Waals surface area contributed by atoms with Crippen LogP contribution in [0.25, 0.3) is 0 Å². The average molecular weight is 194 g/mol. The van der Waals surface area contributed by atoms with Gasteiger partial charge in [-0.15, -0.1) is 0 Å². The molecule has 0 N–H and O–H groups in total. The molecule has 14 heavy (non-hydrogen) atoms. The molecule has 0 aliphatic heterocycles. The maximum atomic E-state index is 10.1. The quantitative estimate of drug-likeness (QED) is 0.531. The van der Waals surface area contributed by atoms with E-state index in [1.54, 1.807) is 7.11 Å². The molecule has 0 aliphatic carbocycles. The van der Waals surface area contributed by atoms with Crippen molar-refractivity contribution in [3.63, 3.8) is 0 Å². The molecule has 3 heteroatoms. The standard InChI is InChI=1S/C11H14O3/c1-9-5-3-6-10(13-2)11(9)14-8-4-7-12/h3,5-7H,4,8H2,1-2H3. The van der Waals surface area contributed by atoms with E-state index < -0.39 is 0 Å². The molecule has 76 valence electrons. The third kappa shape index (κ3) is 2.49. The molecule has 0 unspecified atom stereocenters. The van der Waals surface area contributed by atoms with Crippen LogP contribution in [-0.4, -0.2) is 20.0 Å². The van der Waals surface area contributed by atoms with Crippen LogP contribution in [0, 0.1) is 6.92 Å². The van der Waals surface area contributed by atoms with Gasteiger partial charge in [0.05, 0.1) is 13.7 Å². The Hall–Kier alpha value is -1.51. The Morgan fingerprint density at radius 2 is 2.21 bits per heavy atom. The lowest BCUT2D eigenvalue weighted by atomic mass is 10.2. The summed E-state index contributed by atoms with van der Waals surface area (Å²) >= 11 is 0. The first-order valence-corrected chi connectivity index (χ1v) is 4.49. The van der Waals surface area contributed by atoms with Crippen molar-refractivity contribution in [1.82, 2.24) is 0 Å². The van der Waals surface area contributed by atoms with Gasteiger partial charge in [0.1, 0.15) is 6.29 Å². The molecule has 0 saturated carbocycles. The first kappa shape index (κ1) is 10.6.